The van der Waals surface area contributed by atoms with E-state index in [9.17, 15) is 0 Å². The predicted octanol–water partition coefficient (Wildman–Crippen LogP) is 3.87. The van der Waals surface area contributed by atoms with Crippen LogP contribution in [0, 0.1) is 11.3 Å². The van der Waals surface area contributed by atoms with E-state index < -0.39 is 0 Å². The van der Waals surface area contributed by atoms with Gasteiger partial charge < -0.3 is 5.32 Å². The minimum Gasteiger partial charge on any atom is -0.306 e. The highest BCUT2D eigenvalue weighted by molar-refractivity contribution is 6.31. The molecule has 1 unspecified atom stereocenters. The molecule has 1 aromatic heterocycles. The van der Waals surface area contributed by atoms with Gasteiger partial charge in [0, 0.05) is 36.4 Å². The Morgan fingerprint density at radius 1 is 1.25 bits per heavy atom. The van der Waals surface area contributed by atoms with Crippen molar-refractivity contribution in [3.63, 3.8) is 0 Å². The molecule has 20 heavy (non-hydrogen) atoms. The van der Waals surface area contributed by atoms with E-state index in [1.807, 2.05) is 42.6 Å². The van der Waals surface area contributed by atoms with Gasteiger partial charge in [-0.15, -0.1) is 0 Å². The minimum atomic E-state index is 0.0727. The topological polar surface area (TPSA) is 48.7 Å². The Bertz CT molecular complexity index is 578. The molecule has 0 saturated carbocycles. The van der Waals surface area contributed by atoms with Crippen LogP contribution in [0.25, 0.3) is 0 Å². The second kappa shape index (κ2) is 7.64. The molecule has 2 rings (SSSR count). The molecule has 0 spiro atoms. The third-order valence-corrected chi connectivity index (χ3v) is 3.45. The second-order valence-corrected chi connectivity index (χ2v) is 4.92. The van der Waals surface area contributed by atoms with Crippen LogP contribution in [-0.4, -0.2) is 4.98 Å². The average Bonchev–Trinajstić information content (AvgIpc) is 2.49. The quantitative estimate of drug-likeness (QED) is 0.876. The van der Waals surface area contributed by atoms with Gasteiger partial charge in [0.15, 0.2) is 0 Å². The molecule has 1 atom stereocenters. The van der Waals surface area contributed by atoms with Crippen LogP contribution in [0.15, 0.2) is 48.8 Å². The summed E-state index contributed by atoms with van der Waals surface area (Å²) < 4.78 is 0. The number of aromatic nitrogens is 1. The maximum absolute atomic E-state index is 8.80. The first-order valence-corrected chi connectivity index (χ1v) is 6.92. The third kappa shape index (κ3) is 4.06. The summed E-state index contributed by atoms with van der Waals surface area (Å²) in [5.74, 6) is 0. The fraction of sp³-hybridized carbons (Fsp3) is 0.250. The van der Waals surface area contributed by atoms with Crippen molar-refractivity contribution in [3.8, 4) is 6.07 Å². The van der Waals surface area contributed by atoms with E-state index in [1.165, 1.54) is 0 Å². The summed E-state index contributed by atoms with van der Waals surface area (Å²) in [4.78, 5) is 4.10. The van der Waals surface area contributed by atoms with Gasteiger partial charge in [-0.3, -0.25) is 4.98 Å². The largest absolute Gasteiger partial charge is 0.306 e. The van der Waals surface area contributed by atoms with Crippen molar-refractivity contribution in [2.75, 3.05) is 0 Å². The average molecular weight is 286 g/mol. The molecule has 0 aliphatic rings. The van der Waals surface area contributed by atoms with Gasteiger partial charge in [-0.1, -0.05) is 35.9 Å². The van der Waals surface area contributed by atoms with E-state index in [0.29, 0.717) is 13.0 Å². The van der Waals surface area contributed by atoms with E-state index in [1.54, 1.807) is 6.20 Å². The van der Waals surface area contributed by atoms with Gasteiger partial charge in [-0.25, -0.2) is 0 Å². The highest BCUT2D eigenvalue weighted by Gasteiger charge is 2.13. The summed E-state index contributed by atoms with van der Waals surface area (Å²) in [6.45, 7) is 0.704. The van der Waals surface area contributed by atoms with Crippen LogP contribution < -0.4 is 5.32 Å². The van der Waals surface area contributed by atoms with Crippen molar-refractivity contribution in [1.82, 2.24) is 10.3 Å². The number of halogens is 1. The van der Waals surface area contributed by atoms with Crippen LogP contribution in [0.2, 0.25) is 5.02 Å². The molecule has 1 heterocycles. The lowest BCUT2D eigenvalue weighted by Crippen LogP contribution is -2.21. The molecule has 0 aliphatic carbocycles. The molecule has 0 fully saturated rings. The van der Waals surface area contributed by atoms with E-state index in [-0.39, 0.29) is 6.04 Å². The lowest BCUT2D eigenvalue weighted by Gasteiger charge is -2.19. The van der Waals surface area contributed by atoms with E-state index in [0.717, 1.165) is 22.6 Å². The smallest absolute Gasteiger partial charge is 0.0622 e. The van der Waals surface area contributed by atoms with Crippen molar-refractivity contribution in [1.29, 1.82) is 5.26 Å². The number of rotatable bonds is 6. The van der Waals surface area contributed by atoms with Gasteiger partial charge in [0.2, 0.25) is 0 Å². The van der Waals surface area contributed by atoms with Crippen LogP contribution in [0.1, 0.15) is 30.0 Å². The number of nitrogens with zero attached hydrogens (tertiary/aromatic N) is 2. The summed E-state index contributed by atoms with van der Waals surface area (Å²) in [6.07, 6.45) is 4.82. The van der Waals surface area contributed by atoms with Crippen LogP contribution in [0.3, 0.4) is 0 Å². The Balaban J connectivity index is 2.08. The van der Waals surface area contributed by atoms with Gasteiger partial charge in [0.05, 0.1) is 6.07 Å². The number of nitriles is 1. The van der Waals surface area contributed by atoms with Gasteiger partial charge in [0.25, 0.3) is 0 Å². The number of nitrogens with one attached hydrogen (secondary N) is 1. The van der Waals surface area contributed by atoms with Crippen LogP contribution >= 0.6 is 11.6 Å². The predicted molar refractivity (Wildman–Crippen MR) is 80.1 cm³/mol. The zero-order chi connectivity index (χ0) is 14.2. The van der Waals surface area contributed by atoms with E-state index in [2.05, 4.69) is 16.4 Å². The van der Waals surface area contributed by atoms with Crippen LogP contribution in [0.4, 0.5) is 0 Å². The fourth-order valence-electron chi connectivity index (χ4n) is 2.08. The Labute approximate surface area is 124 Å². The molecule has 0 amide bonds. The summed E-state index contributed by atoms with van der Waals surface area (Å²) in [7, 11) is 0. The Morgan fingerprint density at radius 3 is 2.80 bits per heavy atom. The van der Waals surface area contributed by atoms with E-state index in [4.69, 9.17) is 16.9 Å². The first kappa shape index (κ1) is 14.5. The monoisotopic (exact) mass is 285 g/mol. The standard InChI is InChI=1S/C16H16ClN3/c17-15-7-2-1-6-14(15)16(8-3-9-18)20-12-13-5-4-10-19-11-13/h1-2,4-7,10-11,16,20H,3,8,12H2. The normalized spacial score (nSPS) is 11.8. The summed E-state index contributed by atoms with van der Waals surface area (Å²) >= 11 is 6.24. The zero-order valence-electron chi connectivity index (χ0n) is 11.1. The number of hydrogen-bond acceptors (Lipinski definition) is 3. The first-order chi connectivity index (χ1) is 9.81. The maximum Gasteiger partial charge on any atom is 0.0622 e. The Morgan fingerprint density at radius 2 is 2.10 bits per heavy atom. The Kier molecular flexibility index (Phi) is 5.55. The lowest BCUT2D eigenvalue weighted by atomic mass is 10.0. The molecule has 2 aromatic rings. The molecule has 3 nitrogen and oxygen atoms in total. The van der Waals surface area contributed by atoms with Crippen molar-refractivity contribution < 1.29 is 0 Å². The lowest BCUT2D eigenvalue weighted by molar-refractivity contribution is 0.504. The van der Waals surface area contributed by atoms with Crippen molar-refractivity contribution in [3.05, 3.63) is 64.9 Å². The highest BCUT2D eigenvalue weighted by Crippen LogP contribution is 2.26. The second-order valence-electron chi connectivity index (χ2n) is 4.51. The van der Waals surface area contributed by atoms with Crippen LogP contribution in [-0.2, 0) is 6.54 Å². The zero-order valence-corrected chi connectivity index (χ0v) is 11.8. The van der Waals surface area contributed by atoms with Gasteiger partial charge in [-0.2, -0.15) is 5.26 Å². The highest BCUT2D eigenvalue weighted by atomic mass is 35.5. The fourth-order valence-corrected chi connectivity index (χ4v) is 2.35. The summed E-state index contributed by atoms with van der Waals surface area (Å²) in [5, 5.41) is 13.0. The van der Waals surface area contributed by atoms with Crippen LogP contribution in [0.5, 0.6) is 0 Å². The van der Waals surface area contributed by atoms with Gasteiger partial charge >= 0.3 is 0 Å². The number of pyridine rings is 1. The van der Waals surface area contributed by atoms with Gasteiger partial charge in [0.1, 0.15) is 0 Å². The third-order valence-electron chi connectivity index (χ3n) is 3.10. The molecule has 1 N–H and O–H groups in total. The molecule has 4 heteroatoms. The minimum absolute atomic E-state index is 0.0727. The van der Waals surface area contributed by atoms with Crippen molar-refractivity contribution in [2.45, 2.75) is 25.4 Å². The Hall–Kier alpha value is -1.89. The summed E-state index contributed by atoms with van der Waals surface area (Å²) in [5.41, 5.74) is 2.15. The number of benzene rings is 1. The molecule has 102 valence electrons. The molecule has 1 aromatic carbocycles. The molecular formula is C16H16ClN3. The molecule has 0 aliphatic heterocycles. The summed E-state index contributed by atoms with van der Waals surface area (Å²) in [6, 6.07) is 14.0. The van der Waals surface area contributed by atoms with Gasteiger partial charge in [-0.05, 0) is 29.7 Å². The molecule has 0 saturated heterocycles. The SMILES string of the molecule is N#CCCC(NCc1cccnc1)c1ccccc1Cl. The van der Waals surface area contributed by atoms with Crippen molar-refractivity contribution in [2.24, 2.45) is 0 Å². The first-order valence-electron chi connectivity index (χ1n) is 6.55. The van der Waals surface area contributed by atoms with E-state index >= 15 is 0 Å². The molecular weight excluding hydrogens is 270 g/mol. The molecule has 0 radical (unpaired) electrons. The number of hydrogen-bond donors (Lipinski definition) is 1. The maximum atomic E-state index is 8.80. The molecule has 0 bridgehead atoms. The van der Waals surface area contributed by atoms with Crippen molar-refractivity contribution >= 4 is 11.6 Å².